The van der Waals surface area contributed by atoms with Crippen molar-refractivity contribution in [2.45, 2.75) is 19.3 Å². The first-order chi connectivity index (χ1) is 25.7. The second-order valence-corrected chi connectivity index (χ2v) is 13.6. The molecule has 0 saturated carbocycles. The van der Waals surface area contributed by atoms with Gasteiger partial charge in [0, 0.05) is 34.6 Å². The average molecular weight is 670 g/mol. The molecule has 8 aromatic carbocycles. The van der Waals surface area contributed by atoms with Gasteiger partial charge in [-0.25, -0.2) is 0 Å². The first-order valence-electron chi connectivity index (χ1n) is 18.2. The van der Waals surface area contributed by atoms with Crippen LogP contribution < -0.4 is 4.90 Å². The SMILES string of the molecule is C/C=C\C(CCN(c1ccc(-c2ccccc2)cc1)c1ccc(-c2ccc3c(ccc4oc5ccccc5c43)c2)cc1)c1cccc2ccccc12. The predicted octanol–water partition coefficient (Wildman–Crippen LogP) is 14.1. The van der Waals surface area contributed by atoms with E-state index in [1.54, 1.807) is 0 Å². The highest BCUT2D eigenvalue weighted by Gasteiger charge is 2.17. The fourth-order valence-electron chi connectivity index (χ4n) is 7.87. The predicted molar refractivity (Wildman–Crippen MR) is 222 cm³/mol. The number of anilines is 2. The van der Waals surface area contributed by atoms with E-state index in [4.69, 9.17) is 4.42 Å². The van der Waals surface area contributed by atoms with Crippen LogP contribution in [0.3, 0.4) is 0 Å². The zero-order valence-electron chi connectivity index (χ0n) is 29.2. The van der Waals surface area contributed by atoms with Gasteiger partial charge in [-0.05, 0) is 105 Å². The number of rotatable bonds is 9. The van der Waals surface area contributed by atoms with Crippen molar-refractivity contribution in [3.8, 4) is 22.3 Å². The molecule has 0 amide bonds. The lowest BCUT2D eigenvalue weighted by atomic mass is 9.90. The molecular weight excluding hydrogens is 631 g/mol. The van der Waals surface area contributed by atoms with E-state index in [0.717, 1.165) is 29.5 Å². The Morgan fingerprint density at radius 2 is 1.13 bits per heavy atom. The summed E-state index contributed by atoms with van der Waals surface area (Å²) < 4.78 is 6.16. The topological polar surface area (TPSA) is 16.4 Å². The van der Waals surface area contributed by atoms with E-state index in [9.17, 15) is 0 Å². The van der Waals surface area contributed by atoms with Gasteiger partial charge in [-0.1, -0.05) is 146 Å². The number of para-hydroxylation sites is 1. The van der Waals surface area contributed by atoms with Gasteiger partial charge in [0.05, 0.1) is 0 Å². The van der Waals surface area contributed by atoms with Crippen molar-refractivity contribution in [2.75, 3.05) is 11.4 Å². The van der Waals surface area contributed by atoms with Crippen molar-refractivity contribution in [1.29, 1.82) is 0 Å². The van der Waals surface area contributed by atoms with Crippen molar-refractivity contribution >= 4 is 54.9 Å². The largest absolute Gasteiger partial charge is 0.456 e. The van der Waals surface area contributed by atoms with Crippen molar-refractivity contribution in [1.82, 2.24) is 0 Å². The fourth-order valence-corrected chi connectivity index (χ4v) is 7.87. The highest BCUT2D eigenvalue weighted by molar-refractivity contribution is 6.19. The van der Waals surface area contributed by atoms with E-state index in [0.29, 0.717) is 0 Å². The first-order valence-corrected chi connectivity index (χ1v) is 18.2. The molecule has 9 aromatic rings. The van der Waals surface area contributed by atoms with E-state index in [1.165, 1.54) is 66.1 Å². The van der Waals surface area contributed by atoms with Crippen molar-refractivity contribution < 1.29 is 4.42 Å². The van der Waals surface area contributed by atoms with Gasteiger partial charge in [-0.15, -0.1) is 0 Å². The molecule has 1 heterocycles. The van der Waals surface area contributed by atoms with E-state index in [1.807, 2.05) is 12.1 Å². The van der Waals surface area contributed by atoms with Gasteiger partial charge in [-0.3, -0.25) is 0 Å². The molecule has 0 saturated heterocycles. The molecule has 0 aliphatic carbocycles. The highest BCUT2D eigenvalue weighted by atomic mass is 16.3. The van der Waals surface area contributed by atoms with Crippen molar-refractivity contribution in [3.05, 3.63) is 194 Å². The molecule has 250 valence electrons. The Morgan fingerprint density at radius 3 is 1.90 bits per heavy atom. The number of benzene rings is 8. The summed E-state index contributed by atoms with van der Waals surface area (Å²) in [5, 5.41) is 7.39. The fraction of sp³-hybridized carbons (Fsp3) is 0.0800. The Labute approximate surface area is 304 Å². The van der Waals surface area contributed by atoms with Gasteiger partial charge in [-0.2, -0.15) is 0 Å². The van der Waals surface area contributed by atoms with Gasteiger partial charge in [0.2, 0.25) is 0 Å². The Hall–Kier alpha value is -6.38. The van der Waals surface area contributed by atoms with Crippen LogP contribution >= 0.6 is 0 Å². The van der Waals surface area contributed by atoms with Gasteiger partial charge >= 0.3 is 0 Å². The van der Waals surface area contributed by atoms with E-state index >= 15 is 0 Å². The maximum Gasteiger partial charge on any atom is 0.136 e. The standard InChI is InChI=1S/C50H39NO/c1-2-11-38(45-18-10-15-39-14-6-7-16-44(39)45)32-33-51(42-26-20-36(21-27-42)35-12-4-3-5-13-35)43-28-22-37(23-29-43)40-24-30-46-41(34-40)25-31-49-50(46)47-17-8-9-19-48(47)52-49/h2-31,34,38H,32-33H2,1H3/b11-2-. The van der Waals surface area contributed by atoms with Crippen LogP contribution in [0.5, 0.6) is 0 Å². The lowest BCUT2D eigenvalue weighted by Gasteiger charge is -2.28. The van der Waals surface area contributed by atoms with Crippen LogP contribution in [0.4, 0.5) is 11.4 Å². The Morgan fingerprint density at radius 1 is 0.500 bits per heavy atom. The smallest absolute Gasteiger partial charge is 0.136 e. The third kappa shape index (κ3) is 5.93. The summed E-state index contributed by atoms with van der Waals surface area (Å²) in [5.41, 5.74) is 10.5. The number of furan rings is 1. The normalized spacial score (nSPS) is 12.3. The summed E-state index contributed by atoms with van der Waals surface area (Å²) >= 11 is 0. The highest BCUT2D eigenvalue weighted by Crippen LogP contribution is 2.38. The molecule has 0 radical (unpaired) electrons. The monoisotopic (exact) mass is 669 g/mol. The average Bonchev–Trinajstić information content (AvgIpc) is 3.60. The maximum absolute atomic E-state index is 6.16. The van der Waals surface area contributed by atoms with Crippen LogP contribution in [0.2, 0.25) is 0 Å². The minimum absolute atomic E-state index is 0.290. The number of hydrogen-bond acceptors (Lipinski definition) is 2. The zero-order valence-corrected chi connectivity index (χ0v) is 29.2. The summed E-state index contributed by atoms with van der Waals surface area (Å²) in [6, 6.07) is 63.5. The minimum Gasteiger partial charge on any atom is -0.456 e. The maximum atomic E-state index is 6.16. The van der Waals surface area contributed by atoms with Crippen molar-refractivity contribution in [3.63, 3.8) is 0 Å². The quantitative estimate of drug-likeness (QED) is 0.142. The summed E-state index contributed by atoms with van der Waals surface area (Å²) in [6.07, 6.45) is 5.54. The van der Waals surface area contributed by atoms with Crippen LogP contribution in [-0.2, 0) is 0 Å². The Balaban J connectivity index is 1.05. The Kier molecular flexibility index (Phi) is 8.34. The van der Waals surface area contributed by atoms with E-state index < -0.39 is 0 Å². The zero-order chi connectivity index (χ0) is 34.9. The lowest BCUT2D eigenvalue weighted by Crippen LogP contribution is -2.20. The second kappa shape index (κ2) is 13.7. The molecule has 0 N–H and O–H groups in total. The molecule has 1 aromatic heterocycles. The van der Waals surface area contributed by atoms with Gasteiger partial charge < -0.3 is 9.32 Å². The molecule has 0 spiro atoms. The molecular formula is C50H39NO. The number of allylic oxidation sites excluding steroid dienone is 2. The van der Waals surface area contributed by atoms with Gasteiger partial charge in [0.25, 0.3) is 0 Å². The molecule has 1 atom stereocenters. The molecule has 9 rings (SSSR count). The number of hydrogen-bond donors (Lipinski definition) is 0. The third-order valence-corrected chi connectivity index (χ3v) is 10.5. The molecule has 0 aliphatic rings. The van der Waals surface area contributed by atoms with Crippen LogP contribution in [0, 0.1) is 0 Å². The van der Waals surface area contributed by atoms with Crippen LogP contribution in [0.25, 0.3) is 65.7 Å². The van der Waals surface area contributed by atoms with Crippen LogP contribution in [0.15, 0.2) is 192 Å². The van der Waals surface area contributed by atoms with Gasteiger partial charge in [0.15, 0.2) is 0 Å². The molecule has 0 fully saturated rings. The van der Waals surface area contributed by atoms with Crippen LogP contribution in [-0.4, -0.2) is 6.54 Å². The summed E-state index contributed by atoms with van der Waals surface area (Å²) in [5.74, 6) is 0.290. The number of fused-ring (bicyclic) bond motifs is 6. The summed E-state index contributed by atoms with van der Waals surface area (Å²) in [6.45, 7) is 3.00. The van der Waals surface area contributed by atoms with E-state index in [-0.39, 0.29) is 5.92 Å². The minimum atomic E-state index is 0.290. The number of nitrogens with zero attached hydrogens (tertiary/aromatic N) is 1. The van der Waals surface area contributed by atoms with Gasteiger partial charge in [0.1, 0.15) is 11.2 Å². The van der Waals surface area contributed by atoms with Crippen LogP contribution in [0.1, 0.15) is 24.8 Å². The summed E-state index contributed by atoms with van der Waals surface area (Å²) in [7, 11) is 0. The first kappa shape index (κ1) is 31.6. The summed E-state index contributed by atoms with van der Waals surface area (Å²) in [4.78, 5) is 2.47. The Bertz CT molecular complexity index is 2680. The molecule has 0 bridgehead atoms. The second-order valence-electron chi connectivity index (χ2n) is 13.6. The van der Waals surface area contributed by atoms with Crippen molar-refractivity contribution in [2.24, 2.45) is 0 Å². The lowest BCUT2D eigenvalue weighted by molar-refractivity contribution is 0.669. The molecule has 2 nitrogen and oxygen atoms in total. The molecule has 1 unspecified atom stereocenters. The third-order valence-electron chi connectivity index (χ3n) is 10.5. The molecule has 0 aliphatic heterocycles. The van der Waals surface area contributed by atoms with E-state index in [2.05, 4.69) is 188 Å². The molecule has 52 heavy (non-hydrogen) atoms. The molecule has 2 heteroatoms.